The number of hydrogen-bond acceptors (Lipinski definition) is 3. The van der Waals surface area contributed by atoms with Crippen molar-refractivity contribution in [3.8, 4) is 0 Å². The highest BCUT2D eigenvalue weighted by Crippen LogP contribution is 2.41. The van der Waals surface area contributed by atoms with Crippen LogP contribution in [-0.2, 0) is 6.42 Å². The molecule has 1 aliphatic carbocycles. The van der Waals surface area contributed by atoms with Crippen molar-refractivity contribution in [1.29, 1.82) is 0 Å². The zero-order valence-corrected chi connectivity index (χ0v) is 8.84. The Morgan fingerprint density at radius 3 is 2.92 bits per heavy atom. The molecule has 1 aromatic heterocycles. The molecule has 1 aliphatic rings. The number of nitrogens with zero attached hydrogens (tertiary/aromatic N) is 1. The van der Waals surface area contributed by atoms with Gasteiger partial charge in [-0.2, -0.15) is 0 Å². The number of aromatic nitrogens is 1. The van der Waals surface area contributed by atoms with Crippen molar-refractivity contribution in [2.45, 2.75) is 32.8 Å². The maximum atomic E-state index is 9.79. The van der Waals surface area contributed by atoms with E-state index in [-0.39, 0.29) is 6.10 Å². The summed E-state index contributed by atoms with van der Waals surface area (Å²) in [6.07, 6.45) is 1.76. The first-order valence-corrected chi connectivity index (χ1v) is 5.64. The van der Waals surface area contributed by atoms with Crippen molar-refractivity contribution in [3.63, 3.8) is 0 Å². The van der Waals surface area contributed by atoms with Gasteiger partial charge in [-0.1, -0.05) is 6.92 Å². The predicted molar refractivity (Wildman–Crippen MR) is 53.8 cm³/mol. The smallest absolute Gasteiger partial charge is 0.0954 e. The fourth-order valence-corrected chi connectivity index (χ4v) is 2.54. The SMILES string of the molecule is Cc1csc(CC(O)C2CC2C)n1. The zero-order valence-electron chi connectivity index (χ0n) is 8.03. The number of thiazole rings is 1. The van der Waals surface area contributed by atoms with E-state index in [4.69, 9.17) is 0 Å². The van der Waals surface area contributed by atoms with Gasteiger partial charge in [-0.3, -0.25) is 0 Å². The van der Waals surface area contributed by atoms with E-state index in [0.717, 1.165) is 23.0 Å². The Labute approximate surface area is 82.6 Å². The van der Waals surface area contributed by atoms with Crippen molar-refractivity contribution in [3.05, 3.63) is 16.1 Å². The second-order valence-electron chi connectivity index (χ2n) is 4.03. The molecule has 1 fully saturated rings. The molecule has 1 aromatic rings. The van der Waals surface area contributed by atoms with E-state index >= 15 is 0 Å². The predicted octanol–water partition coefficient (Wildman–Crippen LogP) is 2.01. The van der Waals surface area contributed by atoms with Crippen LogP contribution in [0.15, 0.2) is 5.38 Å². The normalized spacial score (nSPS) is 28.8. The lowest BCUT2D eigenvalue weighted by Gasteiger charge is -2.06. The molecule has 1 N–H and O–H groups in total. The fourth-order valence-electron chi connectivity index (χ4n) is 1.71. The molecule has 3 heteroatoms. The third kappa shape index (κ3) is 2.09. The largest absolute Gasteiger partial charge is 0.392 e. The first kappa shape index (κ1) is 9.16. The Morgan fingerprint density at radius 2 is 2.46 bits per heavy atom. The monoisotopic (exact) mass is 197 g/mol. The van der Waals surface area contributed by atoms with E-state index in [1.165, 1.54) is 6.42 Å². The highest BCUT2D eigenvalue weighted by atomic mass is 32.1. The van der Waals surface area contributed by atoms with Crippen molar-refractivity contribution in [2.75, 3.05) is 0 Å². The van der Waals surface area contributed by atoms with Gasteiger partial charge in [0.1, 0.15) is 0 Å². The van der Waals surface area contributed by atoms with Gasteiger partial charge >= 0.3 is 0 Å². The van der Waals surface area contributed by atoms with Crippen LogP contribution in [0.2, 0.25) is 0 Å². The van der Waals surface area contributed by atoms with Gasteiger partial charge in [-0.25, -0.2) is 4.98 Å². The summed E-state index contributed by atoms with van der Waals surface area (Å²) in [5.74, 6) is 1.25. The highest BCUT2D eigenvalue weighted by Gasteiger charge is 2.38. The summed E-state index contributed by atoms with van der Waals surface area (Å²) in [7, 11) is 0. The molecule has 0 aromatic carbocycles. The second kappa shape index (κ2) is 3.39. The van der Waals surface area contributed by atoms with E-state index in [0.29, 0.717) is 5.92 Å². The molecule has 0 saturated heterocycles. The third-order valence-electron chi connectivity index (χ3n) is 2.72. The molecule has 3 atom stereocenters. The van der Waals surface area contributed by atoms with Gasteiger partial charge in [0.25, 0.3) is 0 Å². The maximum Gasteiger partial charge on any atom is 0.0954 e. The fraction of sp³-hybridized carbons (Fsp3) is 0.700. The van der Waals surface area contributed by atoms with Crippen LogP contribution in [0.25, 0.3) is 0 Å². The molecule has 3 unspecified atom stereocenters. The van der Waals surface area contributed by atoms with Gasteiger partial charge < -0.3 is 5.11 Å². The Balaban J connectivity index is 1.91. The number of aliphatic hydroxyl groups is 1. The standard InChI is InChI=1S/C10H15NOS/c1-6-3-8(6)9(12)4-10-11-7(2)5-13-10/h5-6,8-9,12H,3-4H2,1-2H3. The Hall–Kier alpha value is -0.410. The quantitative estimate of drug-likeness (QED) is 0.804. The summed E-state index contributed by atoms with van der Waals surface area (Å²) in [5.41, 5.74) is 1.07. The topological polar surface area (TPSA) is 33.1 Å². The van der Waals surface area contributed by atoms with Crippen molar-refractivity contribution in [2.24, 2.45) is 11.8 Å². The molecule has 13 heavy (non-hydrogen) atoms. The Bertz CT molecular complexity index is 297. The van der Waals surface area contributed by atoms with Crippen LogP contribution < -0.4 is 0 Å². The minimum atomic E-state index is -0.166. The molecule has 0 spiro atoms. The molecular weight excluding hydrogens is 182 g/mol. The minimum Gasteiger partial charge on any atom is -0.392 e. The summed E-state index contributed by atoms with van der Waals surface area (Å²) >= 11 is 1.65. The molecule has 0 amide bonds. The zero-order chi connectivity index (χ0) is 9.42. The van der Waals surface area contributed by atoms with E-state index in [2.05, 4.69) is 11.9 Å². The summed E-state index contributed by atoms with van der Waals surface area (Å²) in [6.45, 7) is 4.19. The summed E-state index contributed by atoms with van der Waals surface area (Å²) in [4.78, 5) is 4.34. The molecule has 2 nitrogen and oxygen atoms in total. The average Bonchev–Trinajstić information content (AvgIpc) is 2.66. The van der Waals surface area contributed by atoms with Crippen LogP contribution in [0.5, 0.6) is 0 Å². The van der Waals surface area contributed by atoms with Crippen molar-refractivity contribution in [1.82, 2.24) is 4.98 Å². The summed E-state index contributed by atoms with van der Waals surface area (Å²) in [6, 6.07) is 0. The number of aliphatic hydroxyl groups excluding tert-OH is 1. The molecular formula is C10H15NOS. The number of rotatable bonds is 3. The Morgan fingerprint density at radius 1 is 1.77 bits per heavy atom. The third-order valence-corrected chi connectivity index (χ3v) is 3.71. The minimum absolute atomic E-state index is 0.166. The lowest BCUT2D eigenvalue weighted by molar-refractivity contribution is 0.146. The summed E-state index contributed by atoms with van der Waals surface area (Å²) in [5, 5.41) is 12.9. The van der Waals surface area contributed by atoms with Gasteiger partial charge in [0.05, 0.1) is 11.1 Å². The van der Waals surface area contributed by atoms with Gasteiger partial charge in [-0.15, -0.1) is 11.3 Å². The maximum absolute atomic E-state index is 9.79. The lowest BCUT2D eigenvalue weighted by Crippen LogP contribution is -2.13. The molecule has 72 valence electrons. The molecule has 1 saturated carbocycles. The van der Waals surface area contributed by atoms with Crippen LogP contribution in [0, 0.1) is 18.8 Å². The second-order valence-corrected chi connectivity index (χ2v) is 4.97. The lowest BCUT2D eigenvalue weighted by atomic mass is 10.1. The van der Waals surface area contributed by atoms with E-state index < -0.39 is 0 Å². The van der Waals surface area contributed by atoms with Crippen molar-refractivity contribution >= 4 is 11.3 Å². The van der Waals surface area contributed by atoms with Gasteiger partial charge in [0, 0.05) is 17.5 Å². The van der Waals surface area contributed by atoms with E-state index in [9.17, 15) is 5.11 Å². The van der Waals surface area contributed by atoms with Crippen molar-refractivity contribution < 1.29 is 5.11 Å². The van der Waals surface area contributed by atoms with E-state index in [1.54, 1.807) is 11.3 Å². The molecule has 2 rings (SSSR count). The van der Waals surface area contributed by atoms with Crippen LogP contribution in [0.3, 0.4) is 0 Å². The first-order chi connectivity index (χ1) is 6.16. The Kier molecular flexibility index (Phi) is 2.39. The number of hydrogen-bond donors (Lipinski definition) is 1. The average molecular weight is 197 g/mol. The van der Waals surface area contributed by atoms with Gasteiger partial charge in [-0.05, 0) is 25.2 Å². The summed E-state index contributed by atoms with van der Waals surface area (Å²) < 4.78 is 0. The highest BCUT2D eigenvalue weighted by molar-refractivity contribution is 7.09. The van der Waals surface area contributed by atoms with Crippen LogP contribution in [-0.4, -0.2) is 16.2 Å². The molecule has 1 heterocycles. The van der Waals surface area contributed by atoms with Gasteiger partial charge in [0.15, 0.2) is 0 Å². The van der Waals surface area contributed by atoms with Crippen LogP contribution >= 0.6 is 11.3 Å². The number of aryl methyl sites for hydroxylation is 1. The molecule has 0 aliphatic heterocycles. The molecule has 0 bridgehead atoms. The first-order valence-electron chi connectivity index (χ1n) is 4.76. The van der Waals surface area contributed by atoms with Gasteiger partial charge in [0.2, 0.25) is 0 Å². The van der Waals surface area contributed by atoms with Crippen LogP contribution in [0.1, 0.15) is 24.0 Å². The molecule has 0 radical (unpaired) electrons. The van der Waals surface area contributed by atoms with Crippen LogP contribution in [0.4, 0.5) is 0 Å². The van der Waals surface area contributed by atoms with E-state index in [1.807, 2.05) is 12.3 Å².